The van der Waals surface area contributed by atoms with Crippen LogP contribution >= 0.6 is 0 Å². The van der Waals surface area contributed by atoms with Crippen LogP contribution in [0.1, 0.15) is 133 Å². The fourth-order valence-electron chi connectivity index (χ4n) is 9.34. The molecule has 8 heteroatoms. The topological polar surface area (TPSA) is 77.5 Å². The zero-order chi connectivity index (χ0) is 40.0. The monoisotopic (exact) mass is 776 g/mol. The molecule has 298 valence electrons. The average Bonchev–Trinajstić information content (AvgIpc) is 3.71. The van der Waals surface area contributed by atoms with Crippen molar-refractivity contribution < 1.29 is 28.5 Å². The molecule has 0 saturated heterocycles. The van der Waals surface area contributed by atoms with Crippen LogP contribution in [-0.2, 0) is 20.7 Å². The number of rotatable bonds is 14. The molecule has 4 aliphatic heterocycles. The van der Waals surface area contributed by atoms with Crippen molar-refractivity contribution in [3.05, 3.63) is 142 Å². The normalized spacial score (nSPS) is 18.9. The Morgan fingerprint density at radius 1 is 0.431 bits per heavy atom. The van der Waals surface area contributed by atoms with Gasteiger partial charge in [0, 0.05) is 71.9 Å². The molecule has 58 heavy (non-hydrogen) atoms. The van der Waals surface area contributed by atoms with Crippen LogP contribution < -0.4 is 19.3 Å². The quantitative estimate of drug-likeness (QED) is 0.103. The van der Waals surface area contributed by atoms with Crippen LogP contribution in [0, 0.1) is 0 Å². The minimum Gasteiger partial charge on any atom is -0.456 e. The summed E-state index contributed by atoms with van der Waals surface area (Å²) in [6.07, 6.45) is 8.68. The van der Waals surface area contributed by atoms with E-state index in [1.54, 1.807) is 0 Å². The molecule has 5 aromatic carbocycles. The van der Waals surface area contributed by atoms with Gasteiger partial charge < -0.3 is 28.7 Å². The molecule has 9 rings (SSSR count). The molecular weight excluding hydrogens is 725 g/mol. The minimum absolute atomic E-state index is 0.394. The third kappa shape index (κ3) is 5.85. The van der Waals surface area contributed by atoms with E-state index in [-0.39, 0.29) is 0 Å². The van der Waals surface area contributed by atoms with E-state index in [0.717, 1.165) is 111 Å². The molecule has 0 aromatic heterocycles. The number of hydrogen-bond donors (Lipinski definition) is 0. The lowest BCUT2D eigenvalue weighted by Crippen LogP contribution is -2.36. The molecule has 0 fully saturated rings. The molecule has 2 atom stereocenters. The highest BCUT2D eigenvalue weighted by atomic mass is 16.6. The number of anilines is 2. The van der Waals surface area contributed by atoms with E-state index < -0.39 is 23.1 Å². The van der Waals surface area contributed by atoms with Gasteiger partial charge in [-0.25, -0.2) is 9.59 Å². The molecule has 5 aromatic rings. The zero-order valence-corrected chi connectivity index (χ0v) is 34.1. The third-order valence-electron chi connectivity index (χ3n) is 12.4. The first kappa shape index (κ1) is 37.8. The molecule has 0 aliphatic carbocycles. The highest BCUT2D eigenvalue weighted by Crippen LogP contribution is 2.62. The molecule has 4 heterocycles. The lowest BCUT2D eigenvalue weighted by Gasteiger charge is -2.41. The number of ether oxygens (including phenoxy) is 4. The van der Waals surface area contributed by atoms with E-state index in [9.17, 15) is 9.59 Å². The van der Waals surface area contributed by atoms with Gasteiger partial charge in [0.15, 0.2) is 11.2 Å². The largest absolute Gasteiger partial charge is 0.456 e. The van der Waals surface area contributed by atoms with Crippen molar-refractivity contribution in [3.63, 3.8) is 0 Å². The molecule has 4 aliphatic rings. The second-order valence-corrected chi connectivity index (χ2v) is 16.0. The van der Waals surface area contributed by atoms with Crippen LogP contribution in [0.5, 0.6) is 23.0 Å². The van der Waals surface area contributed by atoms with Crippen LogP contribution in [-0.4, -0.2) is 38.1 Å². The Morgan fingerprint density at radius 2 is 0.793 bits per heavy atom. The summed E-state index contributed by atoms with van der Waals surface area (Å²) in [4.78, 5) is 32.6. The molecule has 0 radical (unpaired) electrons. The molecule has 0 amide bonds. The van der Waals surface area contributed by atoms with Crippen LogP contribution in [0.2, 0.25) is 0 Å². The summed E-state index contributed by atoms with van der Waals surface area (Å²) in [6.45, 7) is 12.6. The first-order valence-electron chi connectivity index (χ1n) is 21.4. The zero-order valence-electron chi connectivity index (χ0n) is 34.1. The van der Waals surface area contributed by atoms with Crippen LogP contribution in [0.25, 0.3) is 0 Å². The lowest BCUT2D eigenvalue weighted by molar-refractivity contribution is 0.0195. The number of fused-ring (bicyclic) bond motifs is 12. The first-order chi connectivity index (χ1) is 28.4. The maximum Gasteiger partial charge on any atom is 0.340 e. The number of hydrogen-bond acceptors (Lipinski definition) is 8. The van der Waals surface area contributed by atoms with Crippen molar-refractivity contribution >= 4 is 23.3 Å². The lowest BCUT2D eigenvalue weighted by atomic mass is 9.74. The minimum atomic E-state index is -1.30. The Balaban J connectivity index is 1.26. The summed E-state index contributed by atoms with van der Waals surface area (Å²) in [5.41, 5.74) is 4.85. The van der Waals surface area contributed by atoms with Gasteiger partial charge in [-0.2, -0.15) is 0 Å². The molecule has 0 N–H and O–H groups in total. The van der Waals surface area contributed by atoms with Gasteiger partial charge in [0.1, 0.15) is 23.0 Å². The van der Waals surface area contributed by atoms with Crippen LogP contribution in [0.3, 0.4) is 0 Å². The van der Waals surface area contributed by atoms with Gasteiger partial charge >= 0.3 is 11.9 Å². The average molecular weight is 777 g/mol. The number of benzene rings is 5. The first-order valence-corrected chi connectivity index (χ1v) is 21.4. The van der Waals surface area contributed by atoms with E-state index in [0.29, 0.717) is 45.3 Å². The Labute approximate surface area is 341 Å². The van der Waals surface area contributed by atoms with Gasteiger partial charge in [-0.3, -0.25) is 0 Å². The van der Waals surface area contributed by atoms with Crippen molar-refractivity contribution in [1.29, 1.82) is 0 Å². The molecule has 2 spiro atoms. The number of nitrogens with zero attached hydrogens (tertiary/aromatic N) is 2. The summed E-state index contributed by atoms with van der Waals surface area (Å²) in [5.74, 6) is 1.46. The summed E-state index contributed by atoms with van der Waals surface area (Å²) in [6, 6.07) is 31.7. The fourth-order valence-corrected chi connectivity index (χ4v) is 9.34. The van der Waals surface area contributed by atoms with Gasteiger partial charge in [-0.1, -0.05) is 89.8 Å². The van der Waals surface area contributed by atoms with Crippen molar-refractivity contribution in [1.82, 2.24) is 0 Å². The second-order valence-electron chi connectivity index (χ2n) is 16.0. The standard InChI is InChI=1S/C50H52N2O6/c1-5-9-25-51(26-10-6-2)33-21-23-39-43(29-33)55-45-31-42-46(32-41(45)49(39)37-19-15-13-17-35(37)47(53)57-49)56-44-30-34(52(27-11-7-3)28-12-8-4)22-24-40(44)50(42)38-20-16-14-18-36(38)48(54)58-50/h13-24,29-32H,5-12,25-28H2,1-4H3. The van der Waals surface area contributed by atoms with Gasteiger partial charge in [0.05, 0.1) is 22.3 Å². The number of carbonyl (C=O) groups excluding carboxylic acids is 2. The highest BCUT2D eigenvalue weighted by molar-refractivity contribution is 5.98. The van der Waals surface area contributed by atoms with Gasteiger partial charge in [-0.05, 0) is 74.2 Å². The van der Waals surface area contributed by atoms with Crippen molar-refractivity contribution in [2.75, 3.05) is 36.0 Å². The Morgan fingerprint density at radius 3 is 1.17 bits per heavy atom. The summed E-state index contributed by atoms with van der Waals surface area (Å²) >= 11 is 0. The fraction of sp³-hybridized carbons (Fsp3) is 0.360. The van der Waals surface area contributed by atoms with E-state index in [1.807, 2.05) is 60.7 Å². The van der Waals surface area contributed by atoms with E-state index in [2.05, 4.69) is 73.9 Å². The maximum atomic E-state index is 13.9. The van der Waals surface area contributed by atoms with E-state index in [4.69, 9.17) is 18.9 Å². The number of unbranched alkanes of at least 4 members (excludes halogenated alkanes) is 4. The van der Waals surface area contributed by atoms with Crippen molar-refractivity contribution in [2.24, 2.45) is 0 Å². The maximum absolute atomic E-state index is 13.9. The smallest absolute Gasteiger partial charge is 0.340 e. The van der Waals surface area contributed by atoms with Gasteiger partial charge in [0.25, 0.3) is 0 Å². The number of carbonyl (C=O) groups is 2. The Hall–Kier alpha value is -5.76. The SMILES string of the molecule is CCCCN(CCCC)c1ccc2c(c1)Oc1cc3c(cc1C21OC(=O)c2ccccc21)Oc1cc(N(CCCC)CCCC)ccc1C31OC(=O)c2ccccc21. The summed E-state index contributed by atoms with van der Waals surface area (Å²) < 4.78 is 27.3. The second kappa shape index (κ2) is 15.2. The molecule has 0 saturated carbocycles. The summed E-state index contributed by atoms with van der Waals surface area (Å²) in [5, 5.41) is 0. The predicted octanol–water partition coefficient (Wildman–Crippen LogP) is 11.6. The Kier molecular flexibility index (Phi) is 9.91. The Bertz CT molecular complexity index is 2220. The van der Waals surface area contributed by atoms with Crippen molar-refractivity contribution in [2.45, 2.75) is 90.3 Å². The van der Waals surface area contributed by atoms with Gasteiger partial charge in [-0.15, -0.1) is 0 Å². The molecule has 8 nitrogen and oxygen atoms in total. The van der Waals surface area contributed by atoms with E-state index >= 15 is 0 Å². The van der Waals surface area contributed by atoms with Gasteiger partial charge in [0.2, 0.25) is 0 Å². The molecular formula is C50H52N2O6. The summed E-state index contributed by atoms with van der Waals surface area (Å²) in [7, 11) is 0. The van der Waals surface area contributed by atoms with E-state index in [1.165, 1.54) is 0 Å². The predicted molar refractivity (Wildman–Crippen MR) is 227 cm³/mol. The van der Waals surface area contributed by atoms with Crippen molar-refractivity contribution in [3.8, 4) is 23.0 Å². The third-order valence-corrected chi connectivity index (χ3v) is 12.4. The van der Waals surface area contributed by atoms with Crippen LogP contribution in [0.4, 0.5) is 11.4 Å². The number of esters is 2. The molecule has 2 unspecified atom stereocenters. The van der Waals surface area contributed by atoms with Crippen LogP contribution in [0.15, 0.2) is 97.1 Å². The molecule has 0 bridgehead atoms. The highest BCUT2D eigenvalue weighted by Gasteiger charge is 2.57.